The van der Waals surface area contributed by atoms with Crippen LogP contribution in [-0.2, 0) is 47.5 Å². The monoisotopic (exact) mass is 999 g/mol. The van der Waals surface area contributed by atoms with Gasteiger partial charge in [-0.3, -0.25) is 9.59 Å². The fraction of sp³-hybridized carbons (Fsp3) is 0.959. The fourth-order valence-electron chi connectivity index (χ4n) is 8.87. The third-order valence-electron chi connectivity index (χ3n) is 13.0. The molecule has 0 aromatic heterocycles. The third-order valence-corrected chi connectivity index (χ3v) is 13.0. The molecule has 406 valence electrons. The Balaban J connectivity index is 1.58. The number of aliphatic hydroxyl groups excluding tert-OH is 9. The minimum absolute atomic E-state index is 0.0182. The molecule has 3 saturated heterocycles. The van der Waals surface area contributed by atoms with Crippen LogP contribution in [0, 0.1) is 5.92 Å². The average Bonchev–Trinajstić information content (AvgIpc) is 3.29. The van der Waals surface area contributed by atoms with E-state index in [4.69, 9.17) is 48.1 Å². The molecule has 0 amide bonds. The number of hydrogen-bond acceptors (Lipinski definition) is 20. The molecule has 69 heavy (non-hydrogen) atoms. The summed E-state index contributed by atoms with van der Waals surface area (Å²) in [7, 11) is 0. The van der Waals surface area contributed by atoms with Crippen molar-refractivity contribution in [3.63, 3.8) is 0 Å². The van der Waals surface area contributed by atoms with E-state index in [0.29, 0.717) is 38.5 Å². The van der Waals surface area contributed by atoms with Crippen molar-refractivity contribution in [3.05, 3.63) is 0 Å². The van der Waals surface area contributed by atoms with E-state index in [9.17, 15) is 50.4 Å². The molecule has 0 spiro atoms. The molecular weight excluding hydrogens is 909 g/mol. The van der Waals surface area contributed by atoms with Crippen molar-refractivity contribution in [2.45, 2.75) is 273 Å². The number of carbonyl (C=O) groups excluding carboxylic acids is 2. The molecular formula is C49H90O20. The summed E-state index contributed by atoms with van der Waals surface area (Å²) in [5, 5.41) is 104. The van der Waals surface area contributed by atoms with Crippen LogP contribution in [0.25, 0.3) is 0 Å². The van der Waals surface area contributed by atoms with Crippen molar-refractivity contribution in [2.24, 2.45) is 5.92 Å². The normalized spacial score (nSPS) is 31.2. The highest BCUT2D eigenvalue weighted by Gasteiger charge is 2.52. The Labute approximate surface area is 408 Å². The first-order valence-electron chi connectivity index (χ1n) is 25.9. The summed E-state index contributed by atoms with van der Waals surface area (Å²) >= 11 is 0. The Kier molecular flexibility index (Phi) is 30.3. The third kappa shape index (κ3) is 22.9. The van der Waals surface area contributed by atoms with Crippen molar-refractivity contribution in [2.75, 3.05) is 19.8 Å². The fourth-order valence-corrected chi connectivity index (χ4v) is 8.87. The van der Waals surface area contributed by atoms with Crippen molar-refractivity contribution < 1.29 is 98.5 Å². The van der Waals surface area contributed by atoms with Crippen LogP contribution in [0.5, 0.6) is 0 Å². The van der Waals surface area contributed by atoms with Crippen molar-refractivity contribution in [1.82, 2.24) is 0 Å². The average molecular weight is 999 g/mol. The second-order valence-corrected chi connectivity index (χ2v) is 19.7. The number of esters is 2. The van der Waals surface area contributed by atoms with Crippen LogP contribution < -0.4 is 0 Å². The molecule has 16 atom stereocenters. The molecule has 0 saturated carbocycles. The topological polar surface area (TPSA) is 310 Å². The van der Waals surface area contributed by atoms with Gasteiger partial charge < -0.3 is 89.0 Å². The minimum Gasteiger partial charge on any atom is -0.463 e. The van der Waals surface area contributed by atoms with Crippen molar-refractivity contribution in [1.29, 1.82) is 0 Å². The Hall–Kier alpha value is -1.70. The highest BCUT2D eigenvalue weighted by atomic mass is 16.8. The van der Waals surface area contributed by atoms with Gasteiger partial charge in [-0.05, 0) is 44.4 Å². The molecule has 3 aliphatic heterocycles. The summed E-state index contributed by atoms with van der Waals surface area (Å²) in [4.78, 5) is 24.3. The highest BCUT2D eigenvalue weighted by Crippen LogP contribution is 2.33. The van der Waals surface area contributed by atoms with Gasteiger partial charge in [0.05, 0.1) is 25.4 Å². The van der Waals surface area contributed by atoms with Gasteiger partial charge in [0, 0.05) is 13.3 Å². The SMILES string of the molecule is CCCCCCC(CCCC(O)CCCCCCCCCCCCCC(O)C(O)O)OC1OCC(O)C(O)C1OC1OCC(OC(C)=O)C(O)C1OC1OC(COC(=O)CC(C)C)C(O)C(O)C1O. The lowest BCUT2D eigenvalue weighted by molar-refractivity contribution is -0.380. The van der Waals surface area contributed by atoms with E-state index in [0.717, 1.165) is 90.4 Å². The molecule has 3 fully saturated rings. The van der Waals surface area contributed by atoms with Crippen LogP contribution in [0.3, 0.4) is 0 Å². The largest absolute Gasteiger partial charge is 0.463 e. The number of rotatable bonds is 35. The number of aliphatic hydroxyl groups is 10. The van der Waals surface area contributed by atoms with Gasteiger partial charge >= 0.3 is 11.9 Å². The van der Waals surface area contributed by atoms with E-state index < -0.39 is 124 Å². The molecule has 3 aliphatic rings. The second-order valence-electron chi connectivity index (χ2n) is 19.7. The molecule has 0 aromatic carbocycles. The lowest BCUT2D eigenvalue weighted by Crippen LogP contribution is -2.65. The Morgan fingerprint density at radius 3 is 1.74 bits per heavy atom. The van der Waals surface area contributed by atoms with Crippen LogP contribution in [0.1, 0.15) is 169 Å². The van der Waals surface area contributed by atoms with Gasteiger partial charge in [0.15, 0.2) is 31.3 Å². The van der Waals surface area contributed by atoms with Gasteiger partial charge in [-0.2, -0.15) is 0 Å². The molecule has 0 radical (unpaired) electrons. The summed E-state index contributed by atoms with van der Waals surface area (Å²) < 4.78 is 46.9. The van der Waals surface area contributed by atoms with E-state index in [2.05, 4.69) is 6.92 Å². The molecule has 20 nitrogen and oxygen atoms in total. The van der Waals surface area contributed by atoms with Crippen molar-refractivity contribution in [3.8, 4) is 0 Å². The summed E-state index contributed by atoms with van der Waals surface area (Å²) in [6, 6.07) is 0. The molecule has 0 aromatic rings. The molecule has 3 heterocycles. The van der Waals surface area contributed by atoms with Gasteiger partial charge in [-0.25, -0.2) is 0 Å². The van der Waals surface area contributed by atoms with Crippen LogP contribution in [0.15, 0.2) is 0 Å². The van der Waals surface area contributed by atoms with E-state index >= 15 is 0 Å². The van der Waals surface area contributed by atoms with E-state index in [1.807, 2.05) is 13.8 Å². The lowest BCUT2D eigenvalue weighted by Gasteiger charge is -2.46. The standard InChI is InChI=1S/C49H90O20/c1-5-6-7-18-23-33(24-20-22-32(51)21-17-15-13-11-9-8-10-12-14-16-19-25-34(52)46(60)61)66-48-44(39(55)35(53)27-63-48)69-49-45(41(57)37(29-64-49)65-31(4)50)68-47-43(59)42(58)40(56)36(67-47)28-62-38(54)26-30(2)3/h30,32-37,39-49,51-53,55-61H,5-29H2,1-4H3. The van der Waals surface area contributed by atoms with Gasteiger partial charge in [0.25, 0.3) is 0 Å². The molecule has 0 aliphatic carbocycles. The number of hydrogen-bond donors (Lipinski definition) is 10. The number of unbranched alkanes of at least 4 members (excludes halogenated alkanes) is 13. The lowest BCUT2D eigenvalue weighted by atomic mass is 9.98. The zero-order valence-corrected chi connectivity index (χ0v) is 41.6. The van der Waals surface area contributed by atoms with Crippen LogP contribution >= 0.6 is 0 Å². The first-order chi connectivity index (χ1) is 32.9. The Bertz CT molecular complexity index is 1360. The summed E-state index contributed by atoms with van der Waals surface area (Å²) in [6.45, 7) is 5.69. The zero-order valence-electron chi connectivity index (χ0n) is 41.6. The predicted octanol–water partition coefficient (Wildman–Crippen LogP) is 2.51. The summed E-state index contributed by atoms with van der Waals surface area (Å²) in [5.41, 5.74) is 0. The maximum atomic E-state index is 12.3. The van der Waals surface area contributed by atoms with Gasteiger partial charge in [0.1, 0.15) is 67.6 Å². The van der Waals surface area contributed by atoms with Gasteiger partial charge in [0.2, 0.25) is 0 Å². The first kappa shape index (κ1) is 61.6. The van der Waals surface area contributed by atoms with E-state index in [-0.39, 0.29) is 25.0 Å². The quantitative estimate of drug-likeness (QED) is 0.0248. The minimum atomic E-state index is -1.90. The maximum Gasteiger partial charge on any atom is 0.306 e. The molecule has 3 rings (SSSR count). The van der Waals surface area contributed by atoms with Crippen LogP contribution in [0.4, 0.5) is 0 Å². The van der Waals surface area contributed by atoms with Crippen LogP contribution in [-0.4, -0.2) is 187 Å². The van der Waals surface area contributed by atoms with Gasteiger partial charge in [-0.1, -0.05) is 117 Å². The maximum absolute atomic E-state index is 12.3. The molecule has 16 unspecified atom stereocenters. The predicted molar refractivity (Wildman–Crippen MR) is 248 cm³/mol. The first-order valence-corrected chi connectivity index (χ1v) is 25.9. The number of carbonyl (C=O) groups is 2. The van der Waals surface area contributed by atoms with Crippen molar-refractivity contribution >= 4 is 11.9 Å². The summed E-state index contributed by atoms with van der Waals surface area (Å²) in [5.74, 6) is -1.35. The van der Waals surface area contributed by atoms with Gasteiger partial charge in [-0.15, -0.1) is 0 Å². The molecule has 20 heteroatoms. The smallest absolute Gasteiger partial charge is 0.306 e. The zero-order chi connectivity index (χ0) is 50.9. The second kappa shape index (κ2) is 33.9. The Morgan fingerprint density at radius 1 is 0.594 bits per heavy atom. The van der Waals surface area contributed by atoms with E-state index in [1.54, 1.807) is 0 Å². The van der Waals surface area contributed by atoms with Crippen LogP contribution in [0.2, 0.25) is 0 Å². The molecule has 10 N–H and O–H groups in total. The Morgan fingerprint density at radius 2 is 1.13 bits per heavy atom. The van der Waals surface area contributed by atoms with E-state index in [1.165, 1.54) is 12.8 Å². The summed E-state index contributed by atoms with van der Waals surface area (Å²) in [6.07, 6.45) is -4.94. The molecule has 0 bridgehead atoms. The highest BCUT2D eigenvalue weighted by molar-refractivity contribution is 5.69. The number of ether oxygens (including phenoxy) is 8.